The molecule has 1 aromatic carbocycles. The van der Waals surface area contributed by atoms with E-state index in [1.54, 1.807) is 0 Å². The van der Waals surface area contributed by atoms with Gasteiger partial charge in [0.25, 0.3) is 0 Å². The van der Waals surface area contributed by atoms with Crippen LogP contribution >= 0.6 is 0 Å². The molecule has 4 heteroatoms. The van der Waals surface area contributed by atoms with Crippen LogP contribution in [0.1, 0.15) is 193 Å². The summed E-state index contributed by atoms with van der Waals surface area (Å²) in [6, 6.07) is 8.18. The summed E-state index contributed by atoms with van der Waals surface area (Å²) in [6.45, 7) is 2.28. The Morgan fingerprint density at radius 2 is 0.500 bits per heavy atom. The lowest BCUT2D eigenvalue weighted by Crippen LogP contribution is -2.02. The predicted molar refractivity (Wildman–Crippen MR) is 190 cm³/mol. The molecule has 1 rings (SSSR count). The third kappa shape index (κ3) is 28.2. The zero-order chi connectivity index (χ0) is 31.4. The van der Waals surface area contributed by atoms with Gasteiger partial charge in [-0.2, -0.15) is 0 Å². The van der Waals surface area contributed by atoms with Crippen molar-refractivity contribution >= 4 is 0 Å². The lowest BCUT2D eigenvalue weighted by molar-refractivity contribution is 0.258. The van der Waals surface area contributed by atoms with Gasteiger partial charge in [0.1, 0.15) is 0 Å². The van der Waals surface area contributed by atoms with E-state index in [0.29, 0.717) is 13.2 Å². The summed E-state index contributed by atoms with van der Waals surface area (Å²) in [5.41, 5.74) is 0. The number of hydrogen-bond donors (Lipinski definition) is 2. The molecule has 258 valence electrons. The Bertz CT molecular complexity index is 622. The molecule has 0 aliphatic rings. The van der Waals surface area contributed by atoms with Crippen LogP contribution in [-0.2, 0) is 0 Å². The van der Waals surface area contributed by atoms with E-state index < -0.39 is 0 Å². The van der Waals surface area contributed by atoms with Crippen molar-refractivity contribution in [3.8, 4) is 11.5 Å². The maximum atomic E-state index is 8.81. The highest BCUT2D eigenvalue weighted by Crippen LogP contribution is 2.27. The first-order chi connectivity index (χ1) is 21.9. The largest absolute Gasteiger partial charge is 0.490 e. The van der Waals surface area contributed by atoms with E-state index in [1.807, 2.05) is 24.3 Å². The fourth-order valence-corrected chi connectivity index (χ4v) is 6.08. The van der Waals surface area contributed by atoms with Crippen LogP contribution in [0.5, 0.6) is 11.5 Å². The molecule has 0 bridgehead atoms. The molecule has 0 fully saturated rings. The molecule has 0 atom stereocenters. The smallest absolute Gasteiger partial charge is 0.161 e. The summed E-state index contributed by atoms with van der Waals surface area (Å²) in [5, 5.41) is 17.6. The van der Waals surface area contributed by atoms with Crippen LogP contribution in [0.15, 0.2) is 24.3 Å². The SMILES string of the molecule is OCCCCCCCCCCCCCCCCCOc1ccccc1OCCCCCCCCCCCCCCCCCO. The maximum absolute atomic E-state index is 8.81. The van der Waals surface area contributed by atoms with Crippen molar-refractivity contribution < 1.29 is 19.7 Å². The lowest BCUT2D eigenvalue weighted by atomic mass is 10.0. The van der Waals surface area contributed by atoms with E-state index >= 15 is 0 Å². The molecule has 1 aromatic rings. The Labute approximate surface area is 274 Å². The second-order valence-electron chi connectivity index (χ2n) is 13.2. The van der Waals surface area contributed by atoms with Crippen LogP contribution in [0.3, 0.4) is 0 Å². The number of benzene rings is 1. The number of hydrogen-bond acceptors (Lipinski definition) is 4. The highest BCUT2D eigenvalue weighted by Gasteiger charge is 2.04. The van der Waals surface area contributed by atoms with Crippen LogP contribution < -0.4 is 9.47 Å². The van der Waals surface area contributed by atoms with Crippen molar-refractivity contribution in [1.29, 1.82) is 0 Å². The van der Waals surface area contributed by atoms with Gasteiger partial charge in [0.2, 0.25) is 0 Å². The monoisotopic (exact) mass is 619 g/mol. The summed E-state index contributed by atoms with van der Waals surface area (Å²) in [6.07, 6.45) is 39.3. The molecule has 0 aromatic heterocycles. The third-order valence-corrected chi connectivity index (χ3v) is 8.97. The molecule has 0 aliphatic heterocycles. The Morgan fingerprint density at radius 1 is 0.295 bits per heavy atom. The summed E-state index contributed by atoms with van der Waals surface area (Å²) in [5.74, 6) is 1.80. The number of ether oxygens (including phenoxy) is 2. The van der Waals surface area contributed by atoms with Gasteiger partial charge in [-0.1, -0.05) is 179 Å². The molecular weight excluding hydrogens is 544 g/mol. The number of para-hydroxylation sites is 2. The van der Waals surface area contributed by atoms with Crippen LogP contribution in [0, 0.1) is 0 Å². The second-order valence-corrected chi connectivity index (χ2v) is 13.2. The molecule has 0 heterocycles. The first-order valence-corrected chi connectivity index (χ1v) is 19.4. The summed E-state index contributed by atoms with van der Waals surface area (Å²) in [7, 11) is 0. The van der Waals surface area contributed by atoms with E-state index in [1.165, 1.54) is 167 Å². The van der Waals surface area contributed by atoms with Gasteiger partial charge in [-0.15, -0.1) is 0 Å². The maximum Gasteiger partial charge on any atom is 0.161 e. The average molecular weight is 619 g/mol. The van der Waals surface area contributed by atoms with E-state index in [2.05, 4.69) is 0 Å². The van der Waals surface area contributed by atoms with Crippen molar-refractivity contribution in [2.75, 3.05) is 26.4 Å². The summed E-state index contributed by atoms with van der Waals surface area (Å²) >= 11 is 0. The zero-order valence-electron chi connectivity index (χ0n) is 29.1. The zero-order valence-corrected chi connectivity index (χ0v) is 29.1. The average Bonchev–Trinajstić information content (AvgIpc) is 3.04. The standard InChI is InChI=1S/C40H74O4/c41-35-29-23-19-15-11-7-3-1-5-9-13-17-21-25-31-37-43-39-33-27-28-34-40(39)44-38-32-26-22-18-14-10-6-2-4-8-12-16-20-24-30-36-42/h27-28,33-34,41-42H,1-26,29-32,35-38H2. The first-order valence-electron chi connectivity index (χ1n) is 19.4. The van der Waals surface area contributed by atoms with Crippen molar-refractivity contribution in [3.05, 3.63) is 24.3 Å². The fraction of sp³-hybridized carbons (Fsp3) is 0.850. The van der Waals surface area contributed by atoms with Gasteiger partial charge < -0.3 is 19.7 Å². The molecule has 2 N–H and O–H groups in total. The summed E-state index contributed by atoms with van der Waals surface area (Å²) < 4.78 is 12.2. The normalized spacial score (nSPS) is 11.3. The van der Waals surface area contributed by atoms with Crippen LogP contribution in [0.4, 0.5) is 0 Å². The molecule has 0 amide bonds. The van der Waals surface area contributed by atoms with Crippen molar-refractivity contribution in [2.24, 2.45) is 0 Å². The van der Waals surface area contributed by atoms with Crippen molar-refractivity contribution in [1.82, 2.24) is 0 Å². The second kappa shape index (κ2) is 34.6. The fourth-order valence-electron chi connectivity index (χ4n) is 6.08. The Morgan fingerprint density at radius 3 is 0.727 bits per heavy atom. The Kier molecular flexibility index (Phi) is 32.1. The minimum atomic E-state index is 0.356. The quantitative estimate of drug-likeness (QED) is 0.0735. The molecule has 0 saturated carbocycles. The van der Waals surface area contributed by atoms with Crippen LogP contribution in [0.25, 0.3) is 0 Å². The minimum absolute atomic E-state index is 0.356. The molecule has 0 radical (unpaired) electrons. The van der Waals surface area contributed by atoms with E-state index in [9.17, 15) is 0 Å². The molecule has 0 spiro atoms. The number of rotatable bonds is 36. The lowest BCUT2D eigenvalue weighted by Gasteiger charge is -2.12. The van der Waals surface area contributed by atoms with Crippen molar-refractivity contribution in [2.45, 2.75) is 193 Å². The van der Waals surface area contributed by atoms with Gasteiger partial charge in [0.15, 0.2) is 11.5 Å². The van der Waals surface area contributed by atoms with E-state index in [-0.39, 0.29) is 0 Å². The third-order valence-electron chi connectivity index (χ3n) is 8.97. The van der Waals surface area contributed by atoms with Crippen molar-refractivity contribution in [3.63, 3.8) is 0 Å². The van der Waals surface area contributed by atoms with Crippen LogP contribution in [0.2, 0.25) is 0 Å². The molecule has 0 unspecified atom stereocenters. The van der Waals surface area contributed by atoms with Gasteiger partial charge in [-0.3, -0.25) is 0 Å². The van der Waals surface area contributed by atoms with Gasteiger partial charge in [-0.05, 0) is 37.8 Å². The van der Waals surface area contributed by atoms with Gasteiger partial charge >= 0.3 is 0 Å². The van der Waals surface area contributed by atoms with E-state index in [4.69, 9.17) is 19.7 Å². The van der Waals surface area contributed by atoms with Gasteiger partial charge in [-0.25, -0.2) is 0 Å². The highest BCUT2D eigenvalue weighted by atomic mass is 16.5. The van der Waals surface area contributed by atoms with E-state index in [0.717, 1.165) is 50.4 Å². The highest BCUT2D eigenvalue weighted by molar-refractivity contribution is 5.39. The molecule has 4 nitrogen and oxygen atoms in total. The molecule has 0 saturated heterocycles. The number of aliphatic hydroxyl groups is 2. The summed E-state index contributed by atoms with van der Waals surface area (Å²) in [4.78, 5) is 0. The molecular formula is C40H74O4. The Hall–Kier alpha value is -1.26. The topological polar surface area (TPSA) is 58.9 Å². The van der Waals surface area contributed by atoms with Crippen LogP contribution in [-0.4, -0.2) is 36.6 Å². The number of unbranched alkanes of at least 4 members (excludes halogenated alkanes) is 28. The minimum Gasteiger partial charge on any atom is -0.490 e. The molecule has 0 aliphatic carbocycles. The predicted octanol–water partition coefficient (Wildman–Crippen LogP) is 12.1. The first kappa shape index (κ1) is 40.8. The molecule has 44 heavy (non-hydrogen) atoms. The van der Waals surface area contributed by atoms with Gasteiger partial charge in [0, 0.05) is 13.2 Å². The van der Waals surface area contributed by atoms with Gasteiger partial charge in [0.05, 0.1) is 13.2 Å². The Balaban J connectivity index is 1.87. The number of aliphatic hydroxyl groups excluding tert-OH is 2.